The van der Waals surface area contributed by atoms with Gasteiger partial charge < -0.3 is 24.3 Å². The molecule has 6 rings (SSSR count). The van der Waals surface area contributed by atoms with Crippen LogP contribution in [0.2, 0.25) is 0 Å². The zero-order valence-corrected chi connectivity index (χ0v) is 22.0. The summed E-state index contributed by atoms with van der Waals surface area (Å²) in [4.78, 5) is 20.6. The monoisotopic (exact) mass is 510 g/mol. The molecular weight excluding hydrogens is 476 g/mol. The summed E-state index contributed by atoms with van der Waals surface area (Å²) in [5, 5.41) is 3.22. The lowest BCUT2D eigenvalue weighted by atomic mass is 9.95. The molecule has 1 saturated heterocycles. The Morgan fingerprint density at radius 2 is 1.74 bits per heavy atom. The van der Waals surface area contributed by atoms with Crippen molar-refractivity contribution in [3.8, 4) is 11.5 Å². The number of rotatable bonds is 6. The maximum absolute atomic E-state index is 13.2. The van der Waals surface area contributed by atoms with Gasteiger partial charge in [0, 0.05) is 19.0 Å². The van der Waals surface area contributed by atoms with Crippen LogP contribution in [0.25, 0.3) is 11.0 Å². The number of nitrogens with zero attached hydrogens (tertiary/aromatic N) is 3. The number of imidazole rings is 1. The van der Waals surface area contributed by atoms with Gasteiger partial charge in [0.2, 0.25) is 11.9 Å². The van der Waals surface area contributed by atoms with E-state index >= 15 is 0 Å². The van der Waals surface area contributed by atoms with Crippen LogP contribution in [0, 0.1) is 12.8 Å². The molecule has 0 saturated carbocycles. The summed E-state index contributed by atoms with van der Waals surface area (Å²) in [6.07, 6.45) is 1.60. The number of benzene rings is 3. The van der Waals surface area contributed by atoms with Gasteiger partial charge in [0.1, 0.15) is 13.2 Å². The van der Waals surface area contributed by atoms with Crippen LogP contribution < -0.4 is 19.7 Å². The molecule has 7 heteroatoms. The summed E-state index contributed by atoms with van der Waals surface area (Å²) in [7, 11) is 0. The zero-order valence-electron chi connectivity index (χ0n) is 22.0. The summed E-state index contributed by atoms with van der Waals surface area (Å²) in [5.74, 6) is 2.59. The van der Waals surface area contributed by atoms with Crippen LogP contribution in [-0.2, 0) is 11.3 Å². The van der Waals surface area contributed by atoms with E-state index in [-0.39, 0.29) is 17.9 Å². The van der Waals surface area contributed by atoms with E-state index in [1.165, 1.54) is 11.1 Å². The number of aryl methyl sites for hydroxylation is 1. The predicted octanol–water partition coefficient (Wildman–Crippen LogP) is 5.26. The van der Waals surface area contributed by atoms with Gasteiger partial charge in [0.15, 0.2) is 11.5 Å². The molecule has 7 nitrogen and oxygen atoms in total. The minimum absolute atomic E-state index is 0.0138. The van der Waals surface area contributed by atoms with Crippen molar-refractivity contribution < 1.29 is 14.3 Å². The highest BCUT2D eigenvalue weighted by molar-refractivity contribution is 5.80. The molecule has 0 spiro atoms. The fraction of sp³-hybridized carbons (Fsp3) is 0.355. The van der Waals surface area contributed by atoms with Gasteiger partial charge >= 0.3 is 0 Å². The topological polar surface area (TPSA) is 68.6 Å². The highest BCUT2D eigenvalue weighted by Gasteiger charge is 2.29. The molecule has 196 valence electrons. The van der Waals surface area contributed by atoms with E-state index in [9.17, 15) is 4.79 Å². The molecule has 0 bridgehead atoms. The molecule has 1 fully saturated rings. The van der Waals surface area contributed by atoms with Crippen molar-refractivity contribution in [2.45, 2.75) is 39.3 Å². The number of fused-ring (bicyclic) bond motifs is 2. The third-order valence-corrected chi connectivity index (χ3v) is 7.80. The van der Waals surface area contributed by atoms with Gasteiger partial charge in [-0.05, 0) is 67.6 Å². The van der Waals surface area contributed by atoms with Crippen LogP contribution >= 0.6 is 0 Å². The number of anilines is 1. The first-order valence-electron chi connectivity index (χ1n) is 13.5. The van der Waals surface area contributed by atoms with Gasteiger partial charge in [-0.3, -0.25) is 4.79 Å². The van der Waals surface area contributed by atoms with Crippen LogP contribution in [0.3, 0.4) is 0 Å². The van der Waals surface area contributed by atoms with E-state index in [1.807, 2.05) is 31.2 Å². The Hall–Kier alpha value is -4.00. The molecule has 0 radical (unpaired) electrons. The first-order chi connectivity index (χ1) is 18.6. The Morgan fingerprint density at radius 3 is 2.55 bits per heavy atom. The second kappa shape index (κ2) is 10.4. The Labute approximate surface area is 223 Å². The minimum atomic E-state index is -0.102. The fourth-order valence-electron chi connectivity index (χ4n) is 5.50. The molecule has 1 unspecified atom stereocenters. The number of ether oxygens (including phenoxy) is 2. The highest BCUT2D eigenvalue weighted by atomic mass is 16.6. The average Bonchev–Trinajstić information content (AvgIpc) is 3.32. The molecule has 1 aromatic heterocycles. The van der Waals surface area contributed by atoms with E-state index in [0.29, 0.717) is 13.2 Å². The number of aromatic nitrogens is 2. The van der Waals surface area contributed by atoms with E-state index in [4.69, 9.17) is 14.5 Å². The molecule has 2 aliphatic heterocycles. The number of amides is 1. The highest BCUT2D eigenvalue weighted by Crippen LogP contribution is 2.33. The number of para-hydroxylation sites is 2. The zero-order chi connectivity index (χ0) is 26.1. The Kier molecular flexibility index (Phi) is 6.66. The Balaban J connectivity index is 1.14. The van der Waals surface area contributed by atoms with Gasteiger partial charge in [0.25, 0.3) is 0 Å². The third-order valence-electron chi connectivity index (χ3n) is 7.80. The van der Waals surface area contributed by atoms with Crippen LogP contribution in [0.5, 0.6) is 11.5 Å². The van der Waals surface area contributed by atoms with Gasteiger partial charge in [-0.25, -0.2) is 4.98 Å². The number of nitrogens with one attached hydrogen (secondary N) is 1. The van der Waals surface area contributed by atoms with Crippen molar-refractivity contribution >= 4 is 22.9 Å². The molecule has 3 heterocycles. The maximum Gasteiger partial charge on any atom is 0.223 e. The molecule has 3 aromatic carbocycles. The lowest BCUT2D eigenvalue weighted by molar-refractivity contribution is -0.126. The van der Waals surface area contributed by atoms with Gasteiger partial charge in [-0.1, -0.05) is 42.5 Å². The van der Waals surface area contributed by atoms with E-state index in [2.05, 4.69) is 64.2 Å². The smallest absolute Gasteiger partial charge is 0.223 e. The summed E-state index contributed by atoms with van der Waals surface area (Å²) in [5.41, 5.74) is 5.73. The lowest BCUT2D eigenvalue weighted by Crippen LogP contribution is -2.42. The van der Waals surface area contributed by atoms with Crippen molar-refractivity contribution in [2.24, 2.45) is 5.92 Å². The average molecular weight is 511 g/mol. The number of carbonyl (C=O) groups excluding carboxylic acids is 1. The molecule has 0 aliphatic carbocycles. The fourth-order valence-corrected chi connectivity index (χ4v) is 5.50. The third kappa shape index (κ3) is 4.80. The maximum atomic E-state index is 13.2. The molecule has 38 heavy (non-hydrogen) atoms. The lowest BCUT2D eigenvalue weighted by Gasteiger charge is -2.33. The minimum Gasteiger partial charge on any atom is -0.486 e. The van der Waals surface area contributed by atoms with Gasteiger partial charge in [-0.15, -0.1) is 0 Å². The van der Waals surface area contributed by atoms with Crippen LogP contribution in [0.15, 0.2) is 66.7 Å². The first kappa shape index (κ1) is 24.3. The van der Waals surface area contributed by atoms with Crippen molar-refractivity contribution in [1.29, 1.82) is 0 Å². The van der Waals surface area contributed by atoms with Crippen molar-refractivity contribution in [3.05, 3.63) is 83.4 Å². The molecule has 1 atom stereocenters. The normalized spacial score (nSPS) is 16.4. The number of carbonyl (C=O) groups is 1. The SMILES string of the molecule is Cc1ccccc1Cn1c(N2CCC(C(=O)NC(C)c3ccc4c(c3)OCCO4)CC2)nc2ccccc21. The predicted molar refractivity (Wildman–Crippen MR) is 149 cm³/mol. The molecule has 1 amide bonds. The van der Waals surface area contributed by atoms with Crippen LogP contribution in [0.1, 0.15) is 42.5 Å². The van der Waals surface area contributed by atoms with Gasteiger partial charge in [-0.2, -0.15) is 0 Å². The number of hydrogen-bond acceptors (Lipinski definition) is 5. The summed E-state index contributed by atoms with van der Waals surface area (Å²) < 4.78 is 13.7. The second-order valence-corrected chi connectivity index (χ2v) is 10.3. The van der Waals surface area contributed by atoms with E-state index in [1.54, 1.807) is 0 Å². The van der Waals surface area contributed by atoms with Crippen LogP contribution in [-0.4, -0.2) is 41.8 Å². The standard InChI is InChI=1S/C31H34N4O3/c1-21-7-3-4-8-25(21)20-35-27-10-6-5-9-26(27)33-31(35)34-15-13-23(14-16-34)30(36)32-22(2)24-11-12-28-29(19-24)38-18-17-37-28/h3-12,19,22-23H,13-18,20H2,1-2H3,(H,32,36). The van der Waals surface area contributed by atoms with Crippen molar-refractivity contribution in [1.82, 2.24) is 14.9 Å². The van der Waals surface area contributed by atoms with Crippen molar-refractivity contribution in [2.75, 3.05) is 31.2 Å². The summed E-state index contributed by atoms with van der Waals surface area (Å²) in [6.45, 7) is 7.67. The van der Waals surface area contributed by atoms with Gasteiger partial charge in [0.05, 0.1) is 23.6 Å². The molecule has 1 N–H and O–H groups in total. The first-order valence-corrected chi connectivity index (χ1v) is 13.5. The van der Waals surface area contributed by atoms with E-state index < -0.39 is 0 Å². The summed E-state index contributed by atoms with van der Waals surface area (Å²) in [6, 6.07) is 22.6. The quantitative estimate of drug-likeness (QED) is 0.383. The van der Waals surface area contributed by atoms with E-state index in [0.717, 1.165) is 66.5 Å². The summed E-state index contributed by atoms with van der Waals surface area (Å²) >= 11 is 0. The molecule has 2 aliphatic rings. The van der Waals surface area contributed by atoms with Crippen LogP contribution in [0.4, 0.5) is 5.95 Å². The Bertz CT molecular complexity index is 1450. The van der Waals surface area contributed by atoms with Crippen molar-refractivity contribution in [3.63, 3.8) is 0 Å². The largest absolute Gasteiger partial charge is 0.486 e. The molecule has 4 aromatic rings. The number of hydrogen-bond donors (Lipinski definition) is 1. The molecular formula is C31H34N4O3. The Morgan fingerprint density at radius 1 is 1.00 bits per heavy atom. The second-order valence-electron chi connectivity index (χ2n) is 10.3. The number of piperidine rings is 1.